The Balaban J connectivity index is 1.80. The fourth-order valence-corrected chi connectivity index (χ4v) is 3.05. The number of carboxylic acids is 1. The van der Waals surface area contributed by atoms with Gasteiger partial charge in [-0.25, -0.2) is 4.98 Å². The van der Waals surface area contributed by atoms with Gasteiger partial charge in [0.1, 0.15) is 12.4 Å². The number of nitrogens with zero attached hydrogens (tertiary/aromatic N) is 4. The van der Waals surface area contributed by atoms with E-state index in [4.69, 9.17) is 5.11 Å². The van der Waals surface area contributed by atoms with Crippen molar-refractivity contribution in [3.8, 4) is 0 Å². The van der Waals surface area contributed by atoms with Crippen LogP contribution in [0.4, 0.5) is 0 Å². The maximum absolute atomic E-state index is 12.3. The van der Waals surface area contributed by atoms with E-state index in [9.17, 15) is 9.59 Å². The van der Waals surface area contributed by atoms with Gasteiger partial charge in [0.2, 0.25) is 5.91 Å². The molecule has 0 spiro atoms. The maximum atomic E-state index is 12.3. The number of aliphatic carboxylic acids is 1. The van der Waals surface area contributed by atoms with Crippen LogP contribution in [-0.2, 0) is 22.6 Å². The summed E-state index contributed by atoms with van der Waals surface area (Å²) in [4.78, 5) is 31.5. The fraction of sp³-hybridized carbons (Fsp3) is 0.688. The number of aromatic nitrogens is 2. The van der Waals surface area contributed by atoms with Crippen molar-refractivity contribution in [1.29, 1.82) is 0 Å². The lowest BCUT2D eigenvalue weighted by molar-refractivity contribution is -0.137. The molecule has 1 fully saturated rings. The minimum absolute atomic E-state index is 0.113. The van der Waals surface area contributed by atoms with Crippen molar-refractivity contribution in [2.24, 2.45) is 0 Å². The van der Waals surface area contributed by atoms with Crippen molar-refractivity contribution >= 4 is 11.9 Å². The number of hydrogen-bond acceptors (Lipinski definition) is 4. The molecule has 1 N–H and O–H groups in total. The normalized spacial score (nSPS) is 16.0. The molecule has 1 aliphatic heterocycles. The molecule has 0 saturated carbocycles. The first-order valence-corrected chi connectivity index (χ1v) is 8.21. The largest absolute Gasteiger partial charge is 0.480 e. The number of carbonyl (C=O) groups is 2. The van der Waals surface area contributed by atoms with Crippen LogP contribution < -0.4 is 0 Å². The summed E-state index contributed by atoms with van der Waals surface area (Å²) >= 11 is 0. The van der Waals surface area contributed by atoms with Crippen LogP contribution in [0, 0.1) is 0 Å². The van der Waals surface area contributed by atoms with Crippen LogP contribution >= 0.6 is 0 Å². The summed E-state index contributed by atoms with van der Waals surface area (Å²) in [5.41, 5.74) is 0. The third-order valence-corrected chi connectivity index (χ3v) is 4.61. The Labute approximate surface area is 136 Å². The van der Waals surface area contributed by atoms with Gasteiger partial charge in [-0.1, -0.05) is 6.92 Å². The Hall–Kier alpha value is -1.89. The molecule has 1 saturated heterocycles. The molecule has 0 aromatic carbocycles. The van der Waals surface area contributed by atoms with Gasteiger partial charge in [0.25, 0.3) is 0 Å². The monoisotopic (exact) mass is 322 g/mol. The molecule has 1 amide bonds. The zero-order chi connectivity index (χ0) is 16.8. The number of likely N-dealkylation sites (tertiary alicyclic amines) is 1. The molecule has 0 bridgehead atoms. The van der Waals surface area contributed by atoms with Crippen LogP contribution in [-0.4, -0.2) is 69.1 Å². The topological polar surface area (TPSA) is 78.7 Å². The second-order valence-corrected chi connectivity index (χ2v) is 6.05. The number of amides is 1. The van der Waals surface area contributed by atoms with Gasteiger partial charge in [0.15, 0.2) is 0 Å². The van der Waals surface area contributed by atoms with E-state index in [0.29, 0.717) is 24.7 Å². The summed E-state index contributed by atoms with van der Waals surface area (Å²) in [6.45, 7) is 4.68. The van der Waals surface area contributed by atoms with Crippen LogP contribution in [0.15, 0.2) is 12.4 Å². The molecule has 1 aromatic heterocycles. The number of carboxylic acid groups (broad SMARTS) is 1. The van der Waals surface area contributed by atoms with E-state index in [1.807, 2.05) is 4.90 Å². The number of piperidine rings is 1. The lowest BCUT2D eigenvalue weighted by Gasteiger charge is -2.36. The highest BCUT2D eigenvalue weighted by molar-refractivity contribution is 5.76. The standard InChI is InChI=1S/C16H26N4O3/c1-3-18(2)13-6-9-19(10-7-13)15(21)5-4-14-17-8-11-20(14)12-16(22)23/h8,11,13H,3-7,9-10,12H2,1-2H3,(H,22,23). The average Bonchev–Trinajstić information content (AvgIpc) is 2.98. The minimum Gasteiger partial charge on any atom is -0.480 e. The molecule has 23 heavy (non-hydrogen) atoms. The van der Waals surface area contributed by atoms with E-state index in [1.54, 1.807) is 17.0 Å². The highest BCUT2D eigenvalue weighted by Crippen LogP contribution is 2.16. The molecule has 7 nitrogen and oxygen atoms in total. The second-order valence-electron chi connectivity index (χ2n) is 6.05. The number of rotatable bonds is 7. The molecule has 128 valence electrons. The van der Waals surface area contributed by atoms with Crippen molar-refractivity contribution < 1.29 is 14.7 Å². The molecule has 2 heterocycles. The average molecular weight is 322 g/mol. The lowest BCUT2D eigenvalue weighted by Crippen LogP contribution is -2.45. The van der Waals surface area contributed by atoms with Gasteiger partial charge in [-0.15, -0.1) is 0 Å². The highest BCUT2D eigenvalue weighted by atomic mass is 16.4. The van der Waals surface area contributed by atoms with E-state index in [0.717, 1.165) is 32.5 Å². The van der Waals surface area contributed by atoms with Crippen LogP contribution in [0.5, 0.6) is 0 Å². The molecule has 1 aliphatic rings. The van der Waals surface area contributed by atoms with Crippen molar-refractivity contribution in [1.82, 2.24) is 19.4 Å². The maximum Gasteiger partial charge on any atom is 0.323 e. The first-order valence-electron chi connectivity index (χ1n) is 8.21. The summed E-state index contributed by atoms with van der Waals surface area (Å²) in [6, 6.07) is 0.568. The molecule has 0 aliphatic carbocycles. The minimum atomic E-state index is -0.905. The summed E-state index contributed by atoms with van der Waals surface area (Å²) in [6.07, 6.45) is 6.11. The number of hydrogen-bond donors (Lipinski definition) is 1. The van der Waals surface area contributed by atoms with Gasteiger partial charge in [-0.05, 0) is 26.4 Å². The van der Waals surface area contributed by atoms with E-state index in [-0.39, 0.29) is 12.5 Å². The third kappa shape index (κ3) is 4.79. The summed E-state index contributed by atoms with van der Waals surface area (Å²) < 4.78 is 1.58. The predicted molar refractivity (Wildman–Crippen MR) is 86.1 cm³/mol. The summed E-state index contributed by atoms with van der Waals surface area (Å²) in [5.74, 6) is -0.119. The molecule has 7 heteroatoms. The predicted octanol–water partition coefficient (Wildman–Crippen LogP) is 0.843. The lowest BCUT2D eigenvalue weighted by atomic mass is 10.0. The second kappa shape index (κ2) is 8.10. The van der Waals surface area contributed by atoms with E-state index < -0.39 is 5.97 Å². The number of aryl methyl sites for hydroxylation is 1. The van der Waals surface area contributed by atoms with Crippen LogP contribution in [0.3, 0.4) is 0 Å². The molecular weight excluding hydrogens is 296 g/mol. The quantitative estimate of drug-likeness (QED) is 0.805. The van der Waals surface area contributed by atoms with Gasteiger partial charge >= 0.3 is 5.97 Å². The van der Waals surface area contributed by atoms with E-state index >= 15 is 0 Å². The molecule has 0 unspecified atom stereocenters. The Bertz CT molecular complexity index is 535. The third-order valence-electron chi connectivity index (χ3n) is 4.61. The first kappa shape index (κ1) is 17.5. The van der Waals surface area contributed by atoms with E-state index in [2.05, 4.69) is 23.9 Å². The molecule has 2 rings (SSSR count). The van der Waals surface area contributed by atoms with Gasteiger partial charge in [0.05, 0.1) is 0 Å². The zero-order valence-electron chi connectivity index (χ0n) is 13.9. The van der Waals surface area contributed by atoms with Crippen molar-refractivity contribution in [3.05, 3.63) is 18.2 Å². The van der Waals surface area contributed by atoms with Gasteiger partial charge < -0.3 is 19.5 Å². The Morgan fingerprint density at radius 2 is 2.09 bits per heavy atom. The summed E-state index contributed by atoms with van der Waals surface area (Å²) in [7, 11) is 2.13. The number of imidazole rings is 1. The van der Waals surface area contributed by atoms with Crippen molar-refractivity contribution in [2.45, 2.75) is 45.2 Å². The van der Waals surface area contributed by atoms with Gasteiger partial charge in [-0.3, -0.25) is 9.59 Å². The smallest absolute Gasteiger partial charge is 0.323 e. The van der Waals surface area contributed by atoms with Crippen molar-refractivity contribution in [2.75, 3.05) is 26.7 Å². The van der Waals surface area contributed by atoms with Crippen molar-refractivity contribution in [3.63, 3.8) is 0 Å². The Morgan fingerprint density at radius 1 is 1.39 bits per heavy atom. The molecule has 0 radical (unpaired) electrons. The molecule has 1 aromatic rings. The zero-order valence-corrected chi connectivity index (χ0v) is 13.9. The van der Waals surface area contributed by atoms with Crippen LogP contribution in [0.1, 0.15) is 32.0 Å². The Morgan fingerprint density at radius 3 is 2.70 bits per heavy atom. The van der Waals surface area contributed by atoms with E-state index in [1.165, 1.54) is 0 Å². The first-order chi connectivity index (χ1) is 11.0. The van der Waals surface area contributed by atoms with Gasteiger partial charge in [0, 0.05) is 44.4 Å². The highest BCUT2D eigenvalue weighted by Gasteiger charge is 2.24. The Kier molecular flexibility index (Phi) is 6.15. The van der Waals surface area contributed by atoms with Gasteiger partial charge in [-0.2, -0.15) is 0 Å². The fourth-order valence-electron chi connectivity index (χ4n) is 3.05. The molecule has 0 atom stereocenters. The SMILES string of the molecule is CCN(C)C1CCN(C(=O)CCc2nccn2CC(=O)O)CC1. The summed E-state index contributed by atoms with van der Waals surface area (Å²) in [5, 5.41) is 8.85. The van der Waals surface area contributed by atoms with Crippen LogP contribution in [0.25, 0.3) is 0 Å². The molecular formula is C16H26N4O3. The number of carbonyl (C=O) groups excluding carboxylic acids is 1. The van der Waals surface area contributed by atoms with Crippen LogP contribution in [0.2, 0.25) is 0 Å².